The standard InChI is InChI=1S/C13H8BrF4N/c14-8-3-1-2-7(12(8)18)13(19)11-9(16)4-6(15)5-10(11)17/h1-5,13H,19H2. The van der Waals surface area contributed by atoms with E-state index >= 15 is 0 Å². The highest BCUT2D eigenvalue weighted by Gasteiger charge is 2.22. The Labute approximate surface area is 115 Å². The molecule has 0 fully saturated rings. The highest BCUT2D eigenvalue weighted by Crippen LogP contribution is 2.29. The molecule has 1 nitrogen and oxygen atoms in total. The molecule has 1 atom stereocenters. The van der Waals surface area contributed by atoms with Gasteiger partial charge in [0.2, 0.25) is 0 Å². The summed E-state index contributed by atoms with van der Waals surface area (Å²) in [5.41, 5.74) is 5.02. The average Bonchev–Trinajstić information content (AvgIpc) is 2.31. The molecule has 0 aromatic heterocycles. The van der Waals surface area contributed by atoms with Crippen molar-refractivity contribution in [3.05, 3.63) is 69.2 Å². The first kappa shape index (κ1) is 14.0. The number of benzene rings is 2. The summed E-state index contributed by atoms with van der Waals surface area (Å²) in [6.07, 6.45) is 0. The minimum absolute atomic E-state index is 0.0845. The maximum atomic E-state index is 13.8. The third-order valence-corrected chi connectivity index (χ3v) is 3.28. The van der Waals surface area contributed by atoms with Gasteiger partial charge in [-0.25, -0.2) is 17.6 Å². The van der Waals surface area contributed by atoms with Crippen molar-refractivity contribution >= 4 is 15.9 Å². The molecule has 0 heterocycles. The summed E-state index contributed by atoms with van der Waals surface area (Å²) in [5, 5.41) is 0. The predicted octanol–water partition coefficient (Wildman–Crippen LogP) is 4.05. The van der Waals surface area contributed by atoms with Crippen molar-refractivity contribution < 1.29 is 17.6 Å². The molecule has 2 aromatic rings. The lowest BCUT2D eigenvalue weighted by Gasteiger charge is -2.15. The Morgan fingerprint density at radius 2 is 1.58 bits per heavy atom. The van der Waals surface area contributed by atoms with Gasteiger partial charge in [0.05, 0.1) is 10.5 Å². The second kappa shape index (κ2) is 5.30. The number of halogens is 5. The van der Waals surface area contributed by atoms with Gasteiger partial charge >= 0.3 is 0 Å². The van der Waals surface area contributed by atoms with E-state index in [9.17, 15) is 17.6 Å². The molecule has 0 aliphatic heterocycles. The number of rotatable bonds is 2. The summed E-state index contributed by atoms with van der Waals surface area (Å²) in [4.78, 5) is 0. The van der Waals surface area contributed by atoms with Crippen LogP contribution in [-0.2, 0) is 0 Å². The molecule has 0 aliphatic carbocycles. The monoisotopic (exact) mass is 333 g/mol. The Morgan fingerprint density at radius 3 is 2.16 bits per heavy atom. The van der Waals surface area contributed by atoms with E-state index in [1.54, 1.807) is 0 Å². The van der Waals surface area contributed by atoms with E-state index in [0.29, 0.717) is 12.1 Å². The van der Waals surface area contributed by atoms with Crippen molar-refractivity contribution in [3.63, 3.8) is 0 Å². The minimum atomic E-state index is -1.36. The molecule has 2 rings (SSSR count). The summed E-state index contributed by atoms with van der Waals surface area (Å²) in [6, 6.07) is 3.89. The molecule has 0 saturated heterocycles. The van der Waals surface area contributed by atoms with Crippen LogP contribution in [0.2, 0.25) is 0 Å². The number of nitrogens with two attached hydrogens (primary N) is 1. The van der Waals surface area contributed by atoms with Crippen LogP contribution in [0.5, 0.6) is 0 Å². The lowest BCUT2D eigenvalue weighted by Crippen LogP contribution is -2.17. The van der Waals surface area contributed by atoms with Crippen molar-refractivity contribution in [1.29, 1.82) is 0 Å². The largest absolute Gasteiger partial charge is 0.320 e. The summed E-state index contributed by atoms with van der Waals surface area (Å²) < 4.78 is 53.9. The van der Waals surface area contributed by atoms with Gasteiger partial charge < -0.3 is 5.73 Å². The van der Waals surface area contributed by atoms with Gasteiger partial charge in [0.25, 0.3) is 0 Å². The molecule has 0 aliphatic rings. The Morgan fingerprint density at radius 1 is 1.00 bits per heavy atom. The van der Waals surface area contributed by atoms with E-state index in [0.717, 1.165) is 0 Å². The first-order chi connectivity index (χ1) is 8.91. The fourth-order valence-corrected chi connectivity index (χ4v) is 2.15. The van der Waals surface area contributed by atoms with Gasteiger partial charge in [0.15, 0.2) is 0 Å². The third-order valence-electron chi connectivity index (χ3n) is 2.67. The van der Waals surface area contributed by atoms with Gasteiger partial charge in [-0.05, 0) is 22.0 Å². The Bertz CT molecular complexity index is 607. The molecule has 0 saturated carbocycles. The molecule has 19 heavy (non-hydrogen) atoms. The first-order valence-electron chi connectivity index (χ1n) is 5.25. The second-order valence-corrected chi connectivity index (χ2v) is 4.76. The first-order valence-corrected chi connectivity index (χ1v) is 6.05. The van der Waals surface area contributed by atoms with Crippen LogP contribution in [0.15, 0.2) is 34.8 Å². The molecule has 2 N–H and O–H groups in total. The Kier molecular flexibility index (Phi) is 3.91. The topological polar surface area (TPSA) is 26.0 Å². The van der Waals surface area contributed by atoms with E-state index in [1.807, 2.05) is 0 Å². The highest BCUT2D eigenvalue weighted by molar-refractivity contribution is 9.10. The zero-order valence-corrected chi connectivity index (χ0v) is 11.0. The molecular formula is C13H8BrF4N. The van der Waals surface area contributed by atoms with Gasteiger partial charge in [0, 0.05) is 23.3 Å². The van der Waals surface area contributed by atoms with Crippen LogP contribution in [0.25, 0.3) is 0 Å². The third kappa shape index (κ3) is 2.64. The van der Waals surface area contributed by atoms with Crippen molar-refractivity contribution in [1.82, 2.24) is 0 Å². The van der Waals surface area contributed by atoms with Crippen molar-refractivity contribution in [3.8, 4) is 0 Å². The SMILES string of the molecule is NC(c1cccc(Br)c1F)c1c(F)cc(F)cc1F. The van der Waals surface area contributed by atoms with Gasteiger partial charge in [-0.3, -0.25) is 0 Å². The number of hydrogen-bond donors (Lipinski definition) is 1. The molecule has 1 unspecified atom stereocenters. The smallest absolute Gasteiger partial charge is 0.142 e. The van der Waals surface area contributed by atoms with E-state index in [1.165, 1.54) is 18.2 Å². The lowest BCUT2D eigenvalue weighted by molar-refractivity contribution is 0.509. The van der Waals surface area contributed by atoms with Crippen molar-refractivity contribution in [2.24, 2.45) is 5.73 Å². The van der Waals surface area contributed by atoms with E-state index in [-0.39, 0.29) is 10.0 Å². The van der Waals surface area contributed by atoms with Crippen LogP contribution >= 0.6 is 15.9 Å². The second-order valence-electron chi connectivity index (χ2n) is 3.90. The quantitative estimate of drug-likeness (QED) is 0.824. The Hall–Kier alpha value is -1.40. The summed E-state index contributed by atoms with van der Waals surface area (Å²) in [5.74, 6) is -4.06. The summed E-state index contributed by atoms with van der Waals surface area (Å²) in [6.45, 7) is 0. The van der Waals surface area contributed by atoms with Crippen molar-refractivity contribution in [2.45, 2.75) is 6.04 Å². The number of hydrogen-bond acceptors (Lipinski definition) is 1. The summed E-state index contributed by atoms with van der Waals surface area (Å²) >= 11 is 2.96. The summed E-state index contributed by atoms with van der Waals surface area (Å²) in [7, 11) is 0. The van der Waals surface area contributed by atoms with E-state index < -0.39 is 34.9 Å². The maximum Gasteiger partial charge on any atom is 0.142 e. The molecule has 0 bridgehead atoms. The molecule has 0 spiro atoms. The maximum absolute atomic E-state index is 13.8. The van der Waals surface area contributed by atoms with Gasteiger partial charge in [-0.1, -0.05) is 12.1 Å². The van der Waals surface area contributed by atoms with Crippen LogP contribution in [0, 0.1) is 23.3 Å². The van der Waals surface area contributed by atoms with Crippen molar-refractivity contribution in [2.75, 3.05) is 0 Å². The van der Waals surface area contributed by atoms with E-state index in [4.69, 9.17) is 5.73 Å². The van der Waals surface area contributed by atoms with Gasteiger partial charge in [0.1, 0.15) is 23.3 Å². The molecular weight excluding hydrogens is 326 g/mol. The van der Waals surface area contributed by atoms with Crippen LogP contribution in [0.3, 0.4) is 0 Å². The van der Waals surface area contributed by atoms with Gasteiger partial charge in [-0.2, -0.15) is 0 Å². The Balaban J connectivity index is 2.56. The fourth-order valence-electron chi connectivity index (χ4n) is 1.77. The minimum Gasteiger partial charge on any atom is -0.320 e. The molecule has 0 amide bonds. The molecule has 100 valence electrons. The predicted molar refractivity (Wildman–Crippen MR) is 66.4 cm³/mol. The average molecular weight is 334 g/mol. The molecule has 0 radical (unpaired) electrons. The fraction of sp³-hybridized carbons (Fsp3) is 0.0769. The van der Waals surface area contributed by atoms with Crippen LogP contribution in [0.1, 0.15) is 17.2 Å². The zero-order valence-electron chi connectivity index (χ0n) is 9.43. The lowest BCUT2D eigenvalue weighted by atomic mass is 9.98. The zero-order chi connectivity index (χ0) is 14.2. The normalized spacial score (nSPS) is 12.5. The van der Waals surface area contributed by atoms with Crippen LogP contribution in [-0.4, -0.2) is 0 Å². The molecule has 6 heteroatoms. The van der Waals surface area contributed by atoms with Crippen LogP contribution in [0.4, 0.5) is 17.6 Å². The molecule has 2 aromatic carbocycles. The highest BCUT2D eigenvalue weighted by atomic mass is 79.9. The van der Waals surface area contributed by atoms with Gasteiger partial charge in [-0.15, -0.1) is 0 Å². The van der Waals surface area contributed by atoms with E-state index in [2.05, 4.69) is 15.9 Å². The van der Waals surface area contributed by atoms with Crippen LogP contribution < -0.4 is 5.73 Å².